The average molecular weight is 240 g/mol. The van der Waals surface area contributed by atoms with Crippen LogP contribution in [0.15, 0.2) is 42.9 Å². The van der Waals surface area contributed by atoms with Gasteiger partial charge in [0, 0.05) is 18.3 Å². The smallest absolute Gasteiger partial charge is 0.0953 e. The topological polar surface area (TPSA) is 17.8 Å². The Morgan fingerprint density at radius 2 is 1.83 bits per heavy atom. The normalized spacial score (nSPS) is 16.9. The summed E-state index contributed by atoms with van der Waals surface area (Å²) in [6.07, 6.45) is 11.2. The first-order chi connectivity index (χ1) is 8.92. The molecule has 1 aliphatic rings. The molecular weight excluding hydrogens is 220 g/mol. The maximum absolute atomic E-state index is 4.51. The maximum atomic E-state index is 4.51. The molecule has 1 aromatic heterocycles. The van der Waals surface area contributed by atoms with E-state index in [-0.39, 0.29) is 0 Å². The molecule has 0 atom stereocenters. The van der Waals surface area contributed by atoms with Crippen LogP contribution < -0.4 is 0 Å². The summed E-state index contributed by atoms with van der Waals surface area (Å²) in [5.41, 5.74) is 2.30. The summed E-state index contributed by atoms with van der Waals surface area (Å²) in [7, 11) is 0. The Bertz CT molecular complexity index is 481. The Hall–Kier alpha value is -1.57. The van der Waals surface area contributed by atoms with Gasteiger partial charge in [-0.2, -0.15) is 0 Å². The molecule has 2 nitrogen and oxygen atoms in total. The van der Waals surface area contributed by atoms with Crippen molar-refractivity contribution in [1.29, 1.82) is 0 Å². The van der Waals surface area contributed by atoms with Crippen molar-refractivity contribution < 1.29 is 0 Å². The number of aromatic nitrogens is 2. The largest absolute Gasteiger partial charge is 0.337 e. The fourth-order valence-corrected chi connectivity index (χ4v) is 2.89. The van der Waals surface area contributed by atoms with Crippen molar-refractivity contribution in [3.8, 4) is 11.3 Å². The summed E-state index contributed by atoms with van der Waals surface area (Å²) < 4.78 is 2.26. The van der Waals surface area contributed by atoms with Gasteiger partial charge in [-0.1, -0.05) is 49.6 Å². The fourth-order valence-electron chi connectivity index (χ4n) is 2.89. The second kappa shape index (κ2) is 5.38. The van der Waals surface area contributed by atoms with Crippen LogP contribution in [-0.4, -0.2) is 9.55 Å². The van der Waals surface area contributed by atoms with E-state index in [1.165, 1.54) is 37.7 Å². The molecule has 0 N–H and O–H groups in total. The Balaban J connectivity index is 1.69. The summed E-state index contributed by atoms with van der Waals surface area (Å²) >= 11 is 0. The first-order valence-corrected chi connectivity index (χ1v) is 6.99. The van der Waals surface area contributed by atoms with E-state index in [4.69, 9.17) is 0 Å². The van der Waals surface area contributed by atoms with Gasteiger partial charge in [-0.05, 0) is 18.8 Å². The van der Waals surface area contributed by atoms with Crippen LogP contribution >= 0.6 is 0 Å². The van der Waals surface area contributed by atoms with Crippen molar-refractivity contribution in [2.75, 3.05) is 0 Å². The standard InChI is InChI=1S/C16H20N2/c1-3-7-14(8-4-1)11-18-12-16(17-13-18)15-9-5-2-6-10-15/h2,5-6,9-10,12-14H,1,3-4,7-8,11H2. The molecule has 0 spiro atoms. The number of hydrogen-bond acceptors (Lipinski definition) is 1. The van der Waals surface area contributed by atoms with Crippen molar-refractivity contribution >= 4 is 0 Å². The summed E-state index contributed by atoms with van der Waals surface area (Å²) in [6, 6.07) is 10.4. The zero-order valence-corrected chi connectivity index (χ0v) is 10.8. The Kier molecular flexibility index (Phi) is 3.44. The molecule has 0 aliphatic heterocycles. The Morgan fingerprint density at radius 1 is 1.06 bits per heavy atom. The van der Waals surface area contributed by atoms with Crippen LogP contribution in [0.4, 0.5) is 0 Å². The average Bonchev–Trinajstić information content (AvgIpc) is 2.89. The number of nitrogens with zero attached hydrogens (tertiary/aromatic N) is 2. The number of imidazole rings is 1. The minimum atomic E-state index is 0.858. The molecule has 2 aromatic rings. The van der Waals surface area contributed by atoms with Crippen molar-refractivity contribution in [3.63, 3.8) is 0 Å². The lowest BCUT2D eigenvalue weighted by atomic mass is 9.89. The minimum absolute atomic E-state index is 0.858. The van der Waals surface area contributed by atoms with E-state index in [1.54, 1.807) is 0 Å². The second-order valence-corrected chi connectivity index (χ2v) is 5.33. The Morgan fingerprint density at radius 3 is 2.61 bits per heavy atom. The van der Waals surface area contributed by atoms with Gasteiger partial charge in [0.15, 0.2) is 0 Å². The molecule has 1 saturated carbocycles. The zero-order chi connectivity index (χ0) is 12.2. The van der Waals surface area contributed by atoms with Gasteiger partial charge in [-0.25, -0.2) is 4.98 Å². The van der Waals surface area contributed by atoms with Gasteiger partial charge >= 0.3 is 0 Å². The van der Waals surface area contributed by atoms with Gasteiger partial charge in [0.1, 0.15) is 0 Å². The van der Waals surface area contributed by atoms with Crippen LogP contribution in [0, 0.1) is 5.92 Å². The summed E-state index contributed by atoms with van der Waals surface area (Å²) in [6.45, 7) is 1.14. The maximum Gasteiger partial charge on any atom is 0.0953 e. The van der Waals surface area contributed by atoms with E-state index in [0.29, 0.717) is 0 Å². The van der Waals surface area contributed by atoms with Gasteiger partial charge in [0.05, 0.1) is 12.0 Å². The van der Waals surface area contributed by atoms with E-state index >= 15 is 0 Å². The van der Waals surface area contributed by atoms with E-state index in [9.17, 15) is 0 Å². The lowest BCUT2D eigenvalue weighted by Gasteiger charge is -2.21. The molecule has 1 fully saturated rings. The predicted octanol–water partition coefficient (Wildman–Crippen LogP) is 4.13. The highest BCUT2D eigenvalue weighted by molar-refractivity contribution is 5.57. The molecule has 0 unspecified atom stereocenters. The third-order valence-corrected chi connectivity index (χ3v) is 3.90. The van der Waals surface area contributed by atoms with Crippen molar-refractivity contribution in [1.82, 2.24) is 9.55 Å². The molecule has 18 heavy (non-hydrogen) atoms. The molecule has 0 saturated heterocycles. The molecule has 3 rings (SSSR count). The van der Waals surface area contributed by atoms with E-state index in [2.05, 4.69) is 40.0 Å². The molecule has 2 heteroatoms. The van der Waals surface area contributed by atoms with Crippen LogP contribution in [0.25, 0.3) is 11.3 Å². The predicted molar refractivity (Wildman–Crippen MR) is 74.2 cm³/mol. The molecule has 0 bridgehead atoms. The first-order valence-electron chi connectivity index (χ1n) is 6.99. The first kappa shape index (κ1) is 11.5. The van der Waals surface area contributed by atoms with Crippen LogP contribution in [0.5, 0.6) is 0 Å². The molecule has 0 amide bonds. The fraction of sp³-hybridized carbons (Fsp3) is 0.438. The SMILES string of the molecule is c1ccc(-c2cn(CC3CCCCC3)cn2)cc1. The number of rotatable bonds is 3. The van der Waals surface area contributed by atoms with Crippen molar-refractivity contribution in [2.45, 2.75) is 38.6 Å². The van der Waals surface area contributed by atoms with Gasteiger partial charge in [-0.3, -0.25) is 0 Å². The third-order valence-electron chi connectivity index (χ3n) is 3.90. The van der Waals surface area contributed by atoms with Crippen LogP contribution in [0.2, 0.25) is 0 Å². The van der Waals surface area contributed by atoms with Crippen LogP contribution in [0.3, 0.4) is 0 Å². The van der Waals surface area contributed by atoms with Crippen molar-refractivity contribution in [2.24, 2.45) is 5.92 Å². The van der Waals surface area contributed by atoms with Gasteiger partial charge in [0.2, 0.25) is 0 Å². The number of benzene rings is 1. The van der Waals surface area contributed by atoms with E-state index in [1.807, 2.05) is 12.4 Å². The highest BCUT2D eigenvalue weighted by atomic mass is 15.0. The zero-order valence-electron chi connectivity index (χ0n) is 10.8. The van der Waals surface area contributed by atoms with Crippen LogP contribution in [-0.2, 0) is 6.54 Å². The molecule has 1 heterocycles. The summed E-state index contributed by atoms with van der Waals surface area (Å²) in [5, 5.41) is 0. The quantitative estimate of drug-likeness (QED) is 0.788. The molecular formula is C16H20N2. The monoisotopic (exact) mass is 240 g/mol. The lowest BCUT2D eigenvalue weighted by Crippen LogP contribution is -2.12. The highest BCUT2D eigenvalue weighted by Gasteiger charge is 2.14. The molecule has 1 aromatic carbocycles. The van der Waals surface area contributed by atoms with E-state index < -0.39 is 0 Å². The molecule has 0 radical (unpaired) electrons. The van der Waals surface area contributed by atoms with Gasteiger partial charge < -0.3 is 4.57 Å². The molecule has 1 aliphatic carbocycles. The van der Waals surface area contributed by atoms with Crippen LogP contribution in [0.1, 0.15) is 32.1 Å². The minimum Gasteiger partial charge on any atom is -0.337 e. The highest BCUT2D eigenvalue weighted by Crippen LogP contribution is 2.25. The van der Waals surface area contributed by atoms with E-state index in [0.717, 1.165) is 18.2 Å². The summed E-state index contributed by atoms with van der Waals surface area (Å²) in [4.78, 5) is 4.51. The molecule has 94 valence electrons. The van der Waals surface area contributed by atoms with Gasteiger partial charge in [-0.15, -0.1) is 0 Å². The van der Waals surface area contributed by atoms with Gasteiger partial charge in [0.25, 0.3) is 0 Å². The second-order valence-electron chi connectivity index (χ2n) is 5.33. The Labute approximate surface area is 109 Å². The third kappa shape index (κ3) is 2.63. The lowest BCUT2D eigenvalue weighted by molar-refractivity contribution is 0.319. The van der Waals surface area contributed by atoms with Crippen molar-refractivity contribution in [3.05, 3.63) is 42.9 Å². The summed E-state index contributed by atoms with van der Waals surface area (Å²) in [5.74, 6) is 0.858. The number of hydrogen-bond donors (Lipinski definition) is 0.